The summed E-state index contributed by atoms with van der Waals surface area (Å²) in [4.78, 5) is 12.2. The van der Waals surface area contributed by atoms with Gasteiger partial charge in [-0.1, -0.05) is 24.3 Å². The van der Waals surface area contributed by atoms with Crippen LogP contribution in [-0.2, 0) is 16.8 Å². The van der Waals surface area contributed by atoms with Crippen LogP contribution in [-0.4, -0.2) is 23.7 Å². The van der Waals surface area contributed by atoms with Crippen LogP contribution in [0.3, 0.4) is 0 Å². The standard InChI is InChI=1S/C18H17F2NO3/c1-18(23,13-7-6-12(19)9-14(13)20)10-21-17(22)16-8-11-4-2-3-5-15(11)24-16/h2-7,9,16,23H,8,10H2,1H3,(H,21,22)/t16-,18-/m1/s1. The molecule has 0 spiro atoms. The van der Waals surface area contributed by atoms with E-state index in [9.17, 15) is 18.7 Å². The predicted octanol–water partition coefficient (Wildman–Crippen LogP) is 2.29. The van der Waals surface area contributed by atoms with E-state index in [-0.39, 0.29) is 12.1 Å². The summed E-state index contributed by atoms with van der Waals surface area (Å²) < 4.78 is 32.4. The molecule has 2 aromatic carbocycles. The van der Waals surface area contributed by atoms with Gasteiger partial charge in [0.2, 0.25) is 0 Å². The van der Waals surface area contributed by atoms with Crippen LogP contribution in [0, 0.1) is 11.6 Å². The lowest BCUT2D eigenvalue weighted by Gasteiger charge is -2.25. The molecule has 0 saturated heterocycles. The Labute approximate surface area is 138 Å². The number of amides is 1. The molecule has 0 unspecified atom stereocenters. The molecule has 2 N–H and O–H groups in total. The van der Waals surface area contributed by atoms with E-state index in [4.69, 9.17) is 4.74 Å². The van der Waals surface area contributed by atoms with Crippen molar-refractivity contribution >= 4 is 5.91 Å². The van der Waals surface area contributed by atoms with Gasteiger partial charge >= 0.3 is 0 Å². The number of benzene rings is 2. The normalized spacial score (nSPS) is 18.4. The summed E-state index contributed by atoms with van der Waals surface area (Å²) in [5.74, 6) is -1.32. The molecule has 126 valence electrons. The van der Waals surface area contributed by atoms with Gasteiger partial charge in [0.05, 0.1) is 6.54 Å². The van der Waals surface area contributed by atoms with Crippen molar-refractivity contribution in [3.8, 4) is 5.75 Å². The van der Waals surface area contributed by atoms with Crippen molar-refractivity contribution in [3.63, 3.8) is 0 Å². The van der Waals surface area contributed by atoms with E-state index in [1.165, 1.54) is 13.0 Å². The fraction of sp³-hybridized carbons (Fsp3) is 0.278. The van der Waals surface area contributed by atoms with Crippen LogP contribution < -0.4 is 10.1 Å². The molecule has 1 heterocycles. The van der Waals surface area contributed by atoms with Gasteiger partial charge in [-0.15, -0.1) is 0 Å². The zero-order chi connectivity index (χ0) is 17.3. The molecule has 4 nitrogen and oxygen atoms in total. The van der Waals surface area contributed by atoms with E-state index >= 15 is 0 Å². The minimum Gasteiger partial charge on any atom is -0.480 e. The van der Waals surface area contributed by atoms with Crippen LogP contribution in [0.4, 0.5) is 8.78 Å². The van der Waals surface area contributed by atoms with Gasteiger partial charge in [0.15, 0.2) is 6.10 Å². The average molecular weight is 333 g/mol. The van der Waals surface area contributed by atoms with Crippen molar-refractivity contribution in [1.82, 2.24) is 5.32 Å². The Kier molecular flexibility index (Phi) is 4.24. The first kappa shape index (κ1) is 16.4. The lowest BCUT2D eigenvalue weighted by Crippen LogP contribution is -2.44. The minimum absolute atomic E-state index is 0.0835. The number of rotatable bonds is 4. The number of fused-ring (bicyclic) bond motifs is 1. The molecule has 0 fully saturated rings. The fourth-order valence-corrected chi connectivity index (χ4v) is 2.72. The summed E-state index contributed by atoms with van der Waals surface area (Å²) >= 11 is 0. The first-order valence-corrected chi connectivity index (χ1v) is 7.57. The number of hydrogen-bond acceptors (Lipinski definition) is 3. The Morgan fingerprint density at radius 1 is 1.33 bits per heavy atom. The second-order valence-corrected chi connectivity index (χ2v) is 6.03. The van der Waals surface area contributed by atoms with Crippen LogP contribution in [0.5, 0.6) is 5.75 Å². The van der Waals surface area contributed by atoms with Crippen molar-refractivity contribution < 1.29 is 23.4 Å². The zero-order valence-corrected chi connectivity index (χ0v) is 13.1. The Morgan fingerprint density at radius 3 is 2.79 bits per heavy atom. The van der Waals surface area contributed by atoms with Gasteiger partial charge in [-0.25, -0.2) is 8.78 Å². The third kappa shape index (κ3) is 3.23. The topological polar surface area (TPSA) is 58.6 Å². The Bertz CT molecular complexity index is 752. The molecule has 0 aromatic heterocycles. The average Bonchev–Trinajstić information content (AvgIpc) is 2.96. The second kappa shape index (κ2) is 6.20. The Morgan fingerprint density at radius 2 is 2.08 bits per heavy atom. The molecule has 0 saturated carbocycles. The van der Waals surface area contributed by atoms with E-state index in [1.807, 2.05) is 18.2 Å². The number of carbonyl (C=O) groups excluding carboxylic acids is 1. The van der Waals surface area contributed by atoms with Crippen molar-refractivity contribution in [2.75, 3.05) is 6.54 Å². The van der Waals surface area contributed by atoms with Crippen LogP contribution in [0.25, 0.3) is 0 Å². The number of ether oxygens (including phenoxy) is 1. The van der Waals surface area contributed by atoms with E-state index in [0.717, 1.165) is 11.6 Å². The molecular formula is C18H17F2NO3. The SMILES string of the molecule is C[C@@](O)(CNC(=O)[C@H]1Cc2ccccc2O1)c1ccc(F)cc1F. The highest BCUT2D eigenvalue weighted by molar-refractivity contribution is 5.82. The van der Waals surface area contributed by atoms with Gasteiger partial charge in [-0.2, -0.15) is 0 Å². The van der Waals surface area contributed by atoms with Gasteiger partial charge < -0.3 is 15.2 Å². The summed E-state index contributed by atoms with van der Waals surface area (Å²) in [5.41, 5.74) is -0.812. The summed E-state index contributed by atoms with van der Waals surface area (Å²) in [6, 6.07) is 10.3. The van der Waals surface area contributed by atoms with Gasteiger partial charge in [0.25, 0.3) is 5.91 Å². The molecule has 2 atom stereocenters. The molecule has 0 radical (unpaired) electrons. The third-order valence-corrected chi connectivity index (χ3v) is 4.06. The molecule has 0 aliphatic carbocycles. The maximum atomic E-state index is 13.8. The van der Waals surface area contributed by atoms with Gasteiger partial charge in [0, 0.05) is 18.1 Å². The monoisotopic (exact) mass is 333 g/mol. The molecule has 1 aliphatic heterocycles. The fourth-order valence-electron chi connectivity index (χ4n) is 2.72. The summed E-state index contributed by atoms with van der Waals surface area (Å²) in [6.45, 7) is 1.14. The van der Waals surface area contributed by atoms with Gasteiger partial charge in [-0.05, 0) is 24.6 Å². The molecule has 2 aromatic rings. The third-order valence-electron chi connectivity index (χ3n) is 4.06. The quantitative estimate of drug-likeness (QED) is 0.903. The first-order valence-electron chi connectivity index (χ1n) is 7.57. The number of nitrogens with one attached hydrogen (secondary N) is 1. The summed E-state index contributed by atoms with van der Waals surface area (Å²) in [7, 11) is 0. The van der Waals surface area contributed by atoms with Crippen molar-refractivity contribution in [3.05, 3.63) is 65.2 Å². The molecule has 24 heavy (non-hydrogen) atoms. The molecule has 3 rings (SSSR count). The molecule has 6 heteroatoms. The molecule has 1 amide bonds. The summed E-state index contributed by atoms with van der Waals surface area (Å²) in [5, 5.41) is 13.0. The molecular weight excluding hydrogens is 316 g/mol. The van der Waals surface area contributed by atoms with E-state index in [2.05, 4.69) is 5.32 Å². The number of para-hydroxylation sites is 1. The van der Waals surface area contributed by atoms with Crippen molar-refractivity contribution in [2.45, 2.75) is 25.0 Å². The highest BCUT2D eigenvalue weighted by Crippen LogP contribution is 2.28. The van der Waals surface area contributed by atoms with Crippen LogP contribution in [0.1, 0.15) is 18.1 Å². The Balaban J connectivity index is 1.64. The van der Waals surface area contributed by atoms with Crippen LogP contribution in [0.15, 0.2) is 42.5 Å². The van der Waals surface area contributed by atoms with Crippen LogP contribution >= 0.6 is 0 Å². The van der Waals surface area contributed by atoms with Gasteiger partial charge in [0.1, 0.15) is 23.0 Å². The van der Waals surface area contributed by atoms with Crippen molar-refractivity contribution in [2.24, 2.45) is 0 Å². The maximum absolute atomic E-state index is 13.8. The largest absolute Gasteiger partial charge is 0.480 e. The maximum Gasteiger partial charge on any atom is 0.261 e. The van der Waals surface area contributed by atoms with Crippen LogP contribution in [0.2, 0.25) is 0 Å². The lowest BCUT2D eigenvalue weighted by molar-refractivity contribution is -0.128. The smallest absolute Gasteiger partial charge is 0.261 e. The lowest BCUT2D eigenvalue weighted by atomic mass is 9.95. The number of carbonyl (C=O) groups is 1. The van der Waals surface area contributed by atoms with E-state index in [0.29, 0.717) is 18.2 Å². The Hall–Kier alpha value is -2.47. The number of hydrogen-bond donors (Lipinski definition) is 2. The zero-order valence-electron chi connectivity index (χ0n) is 13.1. The van der Waals surface area contributed by atoms with E-state index < -0.39 is 29.2 Å². The molecule has 0 bridgehead atoms. The number of aliphatic hydroxyl groups is 1. The predicted molar refractivity (Wildman–Crippen MR) is 83.5 cm³/mol. The number of halogens is 2. The minimum atomic E-state index is -1.67. The highest BCUT2D eigenvalue weighted by Gasteiger charge is 2.32. The second-order valence-electron chi connectivity index (χ2n) is 6.03. The molecule has 1 aliphatic rings. The van der Waals surface area contributed by atoms with Crippen molar-refractivity contribution in [1.29, 1.82) is 0 Å². The first-order chi connectivity index (χ1) is 11.4. The summed E-state index contributed by atoms with van der Waals surface area (Å²) in [6.07, 6.45) is -0.244. The highest BCUT2D eigenvalue weighted by atomic mass is 19.1. The van der Waals surface area contributed by atoms with E-state index in [1.54, 1.807) is 6.07 Å². The van der Waals surface area contributed by atoms with Gasteiger partial charge in [-0.3, -0.25) is 4.79 Å².